The molecule has 5 heteroatoms. The quantitative estimate of drug-likeness (QED) is 0.798. The lowest BCUT2D eigenvalue weighted by molar-refractivity contribution is -0.116. The number of nitrogens with one attached hydrogen (secondary N) is 1. The molecule has 116 valence electrons. The molecule has 22 heavy (non-hydrogen) atoms. The molecule has 0 aliphatic heterocycles. The SMILES string of the molecule is CCN(CCNC(=O)/C=C/c1nc2ccccc2o1)C1CC1. The summed E-state index contributed by atoms with van der Waals surface area (Å²) in [6.07, 6.45) is 5.66. The van der Waals surface area contributed by atoms with Crippen molar-refractivity contribution < 1.29 is 9.21 Å². The third kappa shape index (κ3) is 3.74. The Morgan fingerprint density at radius 3 is 3.00 bits per heavy atom. The number of benzene rings is 1. The smallest absolute Gasteiger partial charge is 0.244 e. The Hall–Kier alpha value is -2.14. The van der Waals surface area contributed by atoms with Crippen LogP contribution in [0.25, 0.3) is 17.2 Å². The van der Waals surface area contributed by atoms with Crippen molar-refractivity contribution >= 4 is 23.1 Å². The van der Waals surface area contributed by atoms with E-state index in [1.54, 1.807) is 6.08 Å². The Kier molecular flexibility index (Phi) is 4.53. The molecule has 1 saturated carbocycles. The fraction of sp³-hybridized carbons (Fsp3) is 0.412. The van der Waals surface area contributed by atoms with Crippen molar-refractivity contribution in [3.8, 4) is 0 Å². The number of oxazole rings is 1. The van der Waals surface area contributed by atoms with E-state index >= 15 is 0 Å². The molecule has 1 N–H and O–H groups in total. The Bertz CT molecular complexity index is 640. The van der Waals surface area contributed by atoms with Crippen molar-refractivity contribution in [1.82, 2.24) is 15.2 Å². The standard InChI is InChI=1S/C17H21N3O2/c1-2-20(13-7-8-13)12-11-18-16(21)9-10-17-19-14-5-3-4-6-15(14)22-17/h3-6,9-10,13H,2,7-8,11-12H2,1H3,(H,18,21)/b10-9+. The fourth-order valence-corrected chi connectivity index (χ4v) is 2.53. The van der Waals surface area contributed by atoms with Crippen LogP contribution in [0.2, 0.25) is 0 Å². The number of amides is 1. The van der Waals surface area contributed by atoms with Crippen LogP contribution in [-0.2, 0) is 4.79 Å². The van der Waals surface area contributed by atoms with Gasteiger partial charge in [-0.2, -0.15) is 0 Å². The monoisotopic (exact) mass is 299 g/mol. The van der Waals surface area contributed by atoms with Crippen LogP contribution in [0.3, 0.4) is 0 Å². The summed E-state index contributed by atoms with van der Waals surface area (Å²) in [5.41, 5.74) is 1.52. The Labute approximate surface area is 130 Å². The first-order chi connectivity index (χ1) is 10.8. The number of carbonyl (C=O) groups excluding carboxylic acids is 1. The molecule has 0 saturated heterocycles. The van der Waals surface area contributed by atoms with E-state index in [0.717, 1.165) is 30.2 Å². The molecule has 5 nitrogen and oxygen atoms in total. The largest absolute Gasteiger partial charge is 0.437 e. The topological polar surface area (TPSA) is 58.4 Å². The van der Waals surface area contributed by atoms with Crippen LogP contribution in [0, 0.1) is 0 Å². The molecule has 1 aliphatic carbocycles. The number of aromatic nitrogens is 1. The third-order valence-corrected chi connectivity index (χ3v) is 3.86. The number of hydrogen-bond donors (Lipinski definition) is 1. The zero-order valence-electron chi connectivity index (χ0n) is 12.8. The minimum atomic E-state index is -0.117. The van der Waals surface area contributed by atoms with Gasteiger partial charge >= 0.3 is 0 Å². The summed E-state index contributed by atoms with van der Waals surface area (Å²) in [6, 6.07) is 8.28. The second kappa shape index (κ2) is 6.75. The molecule has 0 spiro atoms. The Balaban J connectivity index is 1.48. The maximum absolute atomic E-state index is 11.8. The predicted molar refractivity (Wildman–Crippen MR) is 86.3 cm³/mol. The number of likely N-dealkylation sites (N-methyl/N-ethyl adjacent to an activating group) is 1. The number of carbonyl (C=O) groups is 1. The van der Waals surface area contributed by atoms with Crippen LogP contribution in [-0.4, -0.2) is 41.5 Å². The van der Waals surface area contributed by atoms with E-state index in [1.165, 1.54) is 18.9 Å². The number of rotatable bonds is 7. The average Bonchev–Trinajstić information content (AvgIpc) is 3.28. The van der Waals surface area contributed by atoms with Gasteiger partial charge in [-0.3, -0.25) is 9.69 Å². The molecule has 1 amide bonds. The molecule has 0 bridgehead atoms. The molecule has 2 aromatic rings. The maximum Gasteiger partial charge on any atom is 0.244 e. The first kappa shape index (κ1) is 14.8. The number of para-hydroxylation sites is 2. The molecule has 0 radical (unpaired) electrons. The van der Waals surface area contributed by atoms with E-state index in [9.17, 15) is 4.79 Å². The van der Waals surface area contributed by atoms with Gasteiger partial charge in [0, 0.05) is 31.3 Å². The summed E-state index contributed by atoms with van der Waals surface area (Å²) >= 11 is 0. The first-order valence-electron chi connectivity index (χ1n) is 7.82. The second-order valence-corrected chi connectivity index (χ2v) is 5.50. The van der Waals surface area contributed by atoms with Crippen molar-refractivity contribution in [3.05, 3.63) is 36.2 Å². The van der Waals surface area contributed by atoms with Crippen molar-refractivity contribution in [1.29, 1.82) is 0 Å². The van der Waals surface area contributed by atoms with Gasteiger partial charge in [0.2, 0.25) is 11.8 Å². The van der Waals surface area contributed by atoms with Crippen LogP contribution < -0.4 is 5.32 Å². The molecule has 1 heterocycles. The molecular formula is C17H21N3O2. The summed E-state index contributed by atoms with van der Waals surface area (Å²) < 4.78 is 5.53. The minimum absolute atomic E-state index is 0.117. The molecular weight excluding hydrogens is 278 g/mol. The van der Waals surface area contributed by atoms with Crippen molar-refractivity contribution in [2.75, 3.05) is 19.6 Å². The number of nitrogens with zero attached hydrogens (tertiary/aromatic N) is 2. The maximum atomic E-state index is 11.8. The molecule has 1 aliphatic rings. The fourth-order valence-electron chi connectivity index (χ4n) is 2.53. The molecule has 0 unspecified atom stereocenters. The van der Waals surface area contributed by atoms with E-state index in [1.807, 2.05) is 24.3 Å². The van der Waals surface area contributed by atoms with Crippen LogP contribution in [0.1, 0.15) is 25.7 Å². The van der Waals surface area contributed by atoms with Gasteiger partial charge in [0.15, 0.2) is 5.58 Å². The second-order valence-electron chi connectivity index (χ2n) is 5.50. The third-order valence-electron chi connectivity index (χ3n) is 3.86. The van der Waals surface area contributed by atoms with E-state index in [4.69, 9.17) is 4.42 Å². The van der Waals surface area contributed by atoms with Gasteiger partial charge < -0.3 is 9.73 Å². The minimum Gasteiger partial charge on any atom is -0.437 e. The lowest BCUT2D eigenvalue weighted by Gasteiger charge is -2.19. The van der Waals surface area contributed by atoms with Gasteiger partial charge in [-0.25, -0.2) is 4.98 Å². The van der Waals surface area contributed by atoms with Crippen molar-refractivity contribution in [2.45, 2.75) is 25.8 Å². The Morgan fingerprint density at radius 2 is 2.27 bits per heavy atom. The van der Waals surface area contributed by atoms with Crippen molar-refractivity contribution in [2.24, 2.45) is 0 Å². The van der Waals surface area contributed by atoms with E-state index in [2.05, 4.69) is 22.1 Å². The van der Waals surface area contributed by atoms with E-state index in [-0.39, 0.29) is 5.91 Å². The zero-order chi connectivity index (χ0) is 15.4. The number of fused-ring (bicyclic) bond motifs is 1. The molecule has 3 rings (SSSR count). The average molecular weight is 299 g/mol. The van der Waals surface area contributed by atoms with Gasteiger partial charge in [0.25, 0.3) is 0 Å². The summed E-state index contributed by atoms with van der Waals surface area (Å²) in [4.78, 5) is 18.5. The van der Waals surface area contributed by atoms with Crippen LogP contribution in [0.5, 0.6) is 0 Å². The van der Waals surface area contributed by atoms with Gasteiger partial charge in [-0.1, -0.05) is 19.1 Å². The predicted octanol–water partition coefficient (Wildman–Crippen LogP) is 2.44. The highest BCUT2D eigenvalue weighted by molar-refractivity contribution is 5.91. The zero-order valence-corrected chi connectivity index (χ0v) is 12.8. The normalized spacial score (nSPS) is 15.0. The van der Waals surface area contributed by atoms with Gasteiger partial charge in [0.05, 0.1) is 0 Å². The summed E-state index contributed by atoms with van der Waals surface area (Å²) in [6.45, 7) is 4.78. The van der Waals surface area contributed by atoms with Crippen LogP contribution in [0.15, 0.2) is 34.8 Å². The summed E-state index contributed by atoms with van der Waals surface area (Å²) in [5, 5.41) is 2.90. The first-order valence-corrected chi connectivity index (χ1v) is 7.82. The Morgan fingerprint density at radius 1 is 1.45 bits per heavy atom. The number of hydrogen-bond acceptors (Lipinski definition) is 4. The molecule has 0 atom stereocenters. The van der Waals surface area contributed by atoms with Crippen LogP contribution in [0.4, 0.5) is 0 Å². The summed E-state index contributed by atoms with van der Waals surface area (Å²) in [5.74, 6) is 0.332. The van der Waals surface area contributed by atoms with Gasteiger partial charge in [0.1, 0.15) is 5.52 Å². The lowest BCUT2D eigenvalue weighted by Crippen LogP contribution is -2.35. The van der Waals surface area contributed by atoms with Crippen LogP contribution >= 0.6 is 0 Å². The highest BCUT2D eigenvalue weighted by Crippen LogP contribution is 2.25. The van der Waals surface area contributed by atoms with Crippen molar-refractivity contribution in [3.63, 3.8) is 0 Å². The molecule has 1 aromatic heterocycles. The molecule has 1 fully saturated rings. The van der Waals surface area contributed by atoms with Gasteiger partial charge in [-0.05, 0) is 31.5 Å². The lowest BCUT2D eigenvalue weighted by atomic mass is 10.3. The highest BCUT2D eigenvalue weighted by atomic mass is 16.3. The van der Waals surface area contributed by atoms with E-state index in [0.29, 0.717) is 12.4 Å². The molecule has 1 aromatic carbocycles. The summed E-state index contributed by atoms with van der Waals surface area (Å²) in [7, 11) is 0. The van der Waals surface area contributed by atoms with E-state index < -0.39 is 0 Å². The highest BCUT2D eigenvalue weighted by Gasteiger charge is 2.27. The van der Waals surface area contributed by atoms with Gasteiger partial charge in [-0.15, -0.1) is 0 Å².